The minimum absolute atomic E-state index is 0.0271. The van der Waals surface area contributed by atoms with Crippen LogP contribution >= 0.6 is 0 Å². The van der Waals surface area contributed by atoms with Crippen LogP contribution < -0.4 is 11.1 Å². The molecule has 5 aliphatic rings. The smallest absolute Gasteiger partial charge is 0.417 e. The number of carbonyl (C=O) groups is 5. The van der Waals surface area contributed by atoms with Crippen molar-refractivity contribution in [2.75, 3.05) is 77.4 Å². The summed E-state index contributed by atoms with van der Waals surface area (Å²) >= 11 is 0. The molecular formula is C45H59N7O9. The van der Waals surface area contributed by atoms with E-state index in [2.05, 4.69) is 15.2 Å². The monoisotopic (exact) mass is 841 g/mol. The van der Waals surface area contributed by atoms with E-state index in [0.717, 1.165) is 80.5 Å². The molecule has 5 amide bonds. The number of anilines is 1. The highest BCUT2D eigenvalue weighted by atomic mass is 16.6. The van der Waals surface area contributed by atoms with Crippen LogP contribution in [0.3, 0.4) is 0 Å². The summed E-state index contributed by atoms with van der Waals surface area (Å²) in [5.74, 6) is 0.116. The van der Waals surface area contributed by atoms with Crippen molar-refractivity contribution in [2.45, 2.75) is 89.7 Å². The van der Waals surface area contributed by atoms with Gasteiger partial charge in [0.25, 0.3) is 5.91 Å². The Morgan fingerprint density at radius 3 is 2.31 bits per heavy atom. The number of aromatic nitrogens is 1. The zero-order valence-corrected chi connectivity index (χ0v) is 35.2. The van der Waals surface area contributed by atoms with Gasteiger partial charge in [-0.05, 0) is 118 Å². The number of esters is 1. The molecule has 328 valence electrons. The van der Waals surface area contributed by atoms with Crippen LogP contribution in [0.5, 0.6) is 0 Å². The Kier molecular flexibility index (Phi) is 13.3. The third kappa shape index (κ3) is 10.2. The standard InChI is InChI=1S/C45H59N7O9/c1-30-26-31(27-37-41(30)47-44(57)60-37)28-38(61-45(58)51-22-14-35(15-23-51)52-24-13-34-6-2-3-7-36(34)46-43(52)56)42(55)50-20-11-33(12-21-50)32-9-18-48(19-10-32)29-40(54)59-25-5-17-49-16-4-8-39(49)53/h2-3,6-7,26-27,32-33,35,38H,4-5,8-25,28-29H2,1H3,(H,46,56)(H,47,57)/t38-/m1/s1. The number of amides is 5. The van der Waals surface area contributed by atoms with Crippen molar-refractivity contribution in [2.24, 2.45) is 11.8 Å². The van der Waals surface area contributed by atoms with Crippen molar-refractivity contribution < 1.29 is 37.9 Å². The minimum atomic E-state index is -1.08. The summed E-state index contributed by atoms with van der Waals surface area (Å²) in [4.78, 5) is 89.7. The van der Waals surface area contributed by atoms with E-state index in [1.807, 2.05) is 52.0 Å². The van der Waals surface area contributed by atoms with Gasteiger partial charge in [-0.25, -0.2) is 14.4 Å². The lowest BCUT2D eigenvalue weighted by Crippen LogP contribution is -2.52. The van der Waals surface area contributed by atoms with Crippen molar-refractivity contribution in [3.05, 3.63) is 63.6 Å². The second kappa shape index (κ2) is 19.1. The van der Waals surface area contributed by atoms with E-state index in [1.165, 1.54) is 0 Å². The fourth-order valence-corrected chi connectivity index (χ4v) is 10.1. The topological polar surface area (TPSA) is 178 Å². The van der Waals surface area contributed by atoms with E-state index in [-0.39, 0.29) is 42.8 Å². The van der Waals surface area contributed by atoms with Gasteiger partial charge < -0.3 is 38.8 Å². The van der Waals surface area contributed by atoms with Gasteiger partial charge in [-0.1, -0.05) is 24.3 Å². The number of hydrogen-bond acceptors (Lipinski definition) is 10. The molecule has 3 aromatic rings. The molecule has 0 saturated carbocycles. The van der Waals surface area contributed by atoms with Crippen LogP contribution in [0.25, 0.3) is 11.1 Å². The second-order valence-electron chi connectivity index (χ2n) is 17.5. The molecule has 5 aliphatic heterocycles. The number of piperidine rings is 3. The largest absolute Gasteiger partial charge is 0.465 e. The number of rotatable bonds is 12. The van der Waals surface area contributed by atoms with Crippen molar-refractivity contribution >= 4 is 46.7 Å². The van der Waals surface area contributed by atoms with Gasteiger partial charge in [0.2, 0.25) is 5.91 Å². The Morgan fingerprint density at radius 2 is 1.57 bits per heavy atom. The fourth-order valence-electron chi connectivity index (χ4n) is 10.1. The number of ether oxygens (including phenoxy) is 2. The van der Waals surface area contributed by atoms with Crippen LogP contribution in [0.15, 0.2) is 45.6 Å². The molecule has 1 atom stereocenters. The first-order valence-electron chi connectivity index (χ1n) is 22.3. The lowest BCUT2D eigenvalue weighted by molar-refractivity contribution is -0.145. The van der Waals surface area contributed by atoms with Crippen LogP contribution in [0, 0.1) is 18.8 Å². The molecule has 4 fully saturated rings. The predicted octanol–water partition coefficient (Wildman–Crippen LogP) is 4.54. The summed E-state index contributed by atoms with van der Waals surface area (Å²) in [6.07, 6.45) is 6.26. The van der Waals surface area contributed by atoms with Crippen molar-refractivity contribution in [1.29, 1.82) is 0 Å². The highest BCUT2D eigenvalue weighted by molar-refractivity contribution is 5.91. The molecule has 0 bridgehead atoms. The van der Waals surface area contributed by atoms with Crippen LogP contribution in [0.1, 0.15) is 74.5 Å². The molecule has 2 N–H and O–H groups in total. The summed E-state index contributed by atoms with van der Waals surface area (Å²) in [6, 6.07) is 11.3. The summed E-state index contributed by atoms with van der Waals surface area (Å²) in [7, 11) is 0. The summed E-state index contributed by atoms with van der Waals surface area (Å²) < 4.78 is 17.0. The molecule has 0 aliphatic carbocycles. The Hall–Kier alpha value is -5.38. The maximum atomic E-state index is 14.3. The van der Waals surface area contributed by atoms with Gasteiger partial charge >= 0.3 is 23.8 Å². The van der Waals surface area contributed by atoms with Crippen molar-refractivity contribution in [3.8, 4) is 0 Å². The van der Waals surface area contributed by atoms with Crippen molar-refractivity contribution in [3.63, 3.8) is 0 Å². The Bertz CT molecular complexity index is 2130. The average molecular weight is 842 g/mol. The highest BCUT2D eigenvalue weighted by Gasteiger charge is 2.37. The Balaban J connectivity index is 0.831. The first-order chi connectivity index (χ1) is 29.6. The molecule has 16 heteroatoms. The van der Waals surface area contributed by atoms with Gasteiger partial charge in [0.1, 0.15) is 0 Å². The lowest BCUT2D eigenvalue weighted by Gasteiger charge is -2.41. The molecule has 2 aromatic carbocycles. The third-order valence-electron chi connectivity index (χ3n) is 13.5. The van der Waals surface area contributed by atoms with E-state index in [9.17, 15) is 28.8 Å². The molecule has 16 nitrogen and oxygen atoms in total. The quantitative estimate of drug-likeness (QED) is 0.195. The molecular weight excluding hydrogens is 783 g/mol. The molecule has 0 spiro atoms. The van der Waals surface area contributed by atoms with Gasteiger partial charge in [-0.3, -0.25) is 24.3 Å². The normalized spacial score (nSPS) is 20.4. The minimum Gasteiger partial charge on any atom is -0.465 e. The number of para-hydroxylation sites is 1. The maximum absolute atomic E-state index is 14.3. The molecule has 61 heavy (non-hydrogen) atoms. The maximum Gasteiger partial charge on any atom is 0.417 e. The number of nitrogens with one attached hydrogen (secondary N) is 2. The first kappa shape index (κ1) is 42.3. The summed E-state index contributed by atoms with van der Waals surface area (Å²) in [6.45, 7) is 8.03. The number of oxazole rings is 1. The number of fused-ring (bicyclic) bond motifs is 2. The van der Waals surface area contributed by atoms with E-state index >= 15 is 0 Å². The number of urea groups is 1. The van der Waals surface area contributed by atoms with Gasteiger partial charge in [-0.2, -0.15) is 0 Å². The van der Waals surface area contributed by atoms with Crippen LogP contribution in [-0.2, 0) is 36.7 Å². The van der Waals surface area contributed by atoms with Crippen LogP contribution in [-0.4, -0.2) is 144 Å². The molecule has 6 heterocycles. The van der Waals surface area contributed by atoms with Gasteiger partial charge in [0.05, 0.1) is 18.7 Å². The van der Waals surface area contributed by atoms with Gasteiger partial charge in [-0.15, -0.1) is 0 Å². The van der Waals surface area contributed by atoms with Crippen LogP contribution in [0.4, 0.5) is 15.3 Å². The number of carbonyl (C=O) groups excluding carboxylic acids is 5. The Labute approximate surface area is 355 Å². The highest BCUT2D eigenvalue weighted by Crippen LogP contribution is 2.33. The van der Waals surface area contributed by atoms with Gasteiger partial charge in [0, 0.05) is 70.4 Å². The van der Waals surface area contributed by atoms with Crippen LogP contribution in [0.2, 0.25) is 0 Å². The molecule has 4 saturated heterocycles. The number of benzene rings is 2. The summed E-state index contributed by atoms with van der Waals surface area (Å²) in [5.41, 5.74) is 4.42. The number of aromatic amines is 1. The second-order valence-corrected chi connectivity index (χ2v) is 17.5. The predicted molar refractivity (Wildman–Crippen MR) is 226 cm³/mol. The van der Waals surface area contributed by atoms with E-state index < -0.39 is 18.0 Å². The summed E-state index contributed by atoms with van der Waals surface area (Å²) in [5, 5.41) is 3.04. The van der Waals surface area contributed by atoms with Crippen molar-refractivity contribution in [1.82, 2.24) is 29.5 Å². The van der Waals surface area contributed by atoms with E-state index in [1.54, 1.807) is 11.0 Å². The number of nitrogens with zero attached hydrogens (tertiary/aromatic N) is 5. The zero-order valence-electron chi connectivity index (χ0n) is 35.2. The molecule has 0 radical (unpaired) electrons. The number of likely N-dealkylation sites (tertiary alicyclic amines) is 4. The number of H-pyrrole nitrogens is 1. The molecule has 1 aromatic heterocycles. The number of aryl methyl sites for hydroxylation is 1. The molecule has 0 unspecified atom stereocenters. The Morgan fingerprint density at radius 1 is 0.852 bits per heavy atom. The third-order valence-corrected chi connectivity index (χ3v) is 13.5. The SMILES string of the molecule is Cc1cc(C[C@@H](OC(=O)N2CCC(N3CCc4ccccc4NC3=O)CC2)C(=O)N2CCC(C3CCN(CC(=O)OCCCN4CCCC4=O)CC3)CC2)cc2oc(=O)[nH]c12. The van der Waals surface area contributed by atoms with E-state index in [4.69, 9.17) is 13.9 Å². The van der Waals surface area contributed by atoms with Gasteiger partial charge in [0.15, 0.2) is 11.7 Å². The van der Waals surface area contributed by atoms with E-state index in [0.29, 0.717) is 94.5 Å². The first-order valence-corrected chi connectivity index (χ1v) is 22.3. The average Bonchev–Trinajstić information content (AvgIpc) is 3.81. The fraction of sp³-hybridized carbons (Fsp3) is 0.600. The zero-order chi connectivity index (χ0) is 42.5. The number of hydrogen-bond donors (Lipinski definition) is 2. The lowest BCUT2D eigenvalue weighted by atomic mass is 9.78. The molecule has 8 rings (SSSR count).